The summed E-state index contributed by atoms with van der Waals surface area (Å²) in [5.41, 5.74) is 13.6. The number of nitrogens with two attached hydrogens (primary N) is 2. The van der Waals surface area contributed by atoms with Crippen LogP contribution in [0.15, 0.2) is 34.4 Å². The van der Waals surface area contributed by atoms with Gasteiger partial charge in [0.15, 0.2) is 5.65 Å². The second kappa shape index (κ2) is 8.35. The Kier molecular flexibility index (Phi) is 5.67. The summed E-state index contributed by atoms with van der Waals surface area (Å²) in [7, 11) is 0. The zero-order valence-electron chi connectivity index (χ0n) is 17.7. The maximum absolute atomic E-state index is 10.1. The molecule has 3 aromatic heterocycles. The molecule has 0 bridgehead atoms. The molecule has 32 heavy (non-hydrogen) atoms. The summed E-state index contributed by atoms with van der Waals surface area (Å²) < 4.78 is 7.81. The molecule has 2 atom stereocenters. The number of aromatic nitrogens is 4. The van der Waals surface area contributed by atoms with Gasteiger partial charge in [-0.15, -0.1) is 0 Å². The van der Waals surface area contributed by atoms with Crippen molar-refractivity contribution in [2.24, 2.45) is 11.1 Å². The number of pyridine rings is 1. The van der Waals surface area contributed by atoms with E-state index in [1.54, 1.807) is 18.5 Å². The molecule has 2 saturated heterocycles. The van der Waals surface area contributed by atoms with Gasteiger partial charge in [-0.05, 0) is 25.8 Å². The maximum atomic E-state index is 10.1. The zero-order valence-corrected chi connectivity index (χ0v) is 19.3. The summed E-state index contributed by atoms with van der Waals surface area (Å²) >= 11 is 7.73. The molecule has 2 aliphatic heterocycles. The normalized spacial score (nSPS) is 22.8. The van der Waals surface area contributed by atoms with Crippen LogP contribution in [0, 0.1) is 5.41 Å². The lowest BCUT2D eigenvalue weighted by Gasteiger charge is -2.41. The largest absolute Gasteiger partial charge is 0.390 e. The summed E-state index contributed by atoms with van der Waals surface area (Å²) in [5.74, 6) is 1.03. The van der Waals surface area contributed by atoms with Gasteiger partial charge in [0.2, 0.25) is 5.95 Å². The molecule has 5 heterocycles. The number of aliphatic hydroxyl groups is 1. The fourth-order valence-electron chi connectivity index (χ4n) is 4.68. The Labute approximate surface area is 195 Å². The van der Waals surface area contributed by atoms with Crippen LogP contribution in [-0.4, -0.2) is 56.3 Å². The predicted octanol–water partition coefficient (Wildman–Crippen LogP) is 2.34. The number of nitrogen functional groups attached to an aromatic ring is 1. The number of hydrogen-bond acceptors (Lipinski definition) is 9. The third-order valence-electron chi connectivity index (χ3n) is 6.69. The lowest BCUT2D eigenvalue weighted by molar-refractivity contribution is 0.0973. The topological polar surface area (TPSA) is 128 Å². The smallest absolute Gasteiger partial charge is 0.211 e. The third kappa shape index (κ3) is 3.50. The summed E-state index contributed by atoms with van der Waals surface area (Å²) in [6, 6.07) is 1.84. The number of ether oxygens (including phenoxy) is 1. The molecule has 11 heteroatoms. The SMILES string of the molecule is CC1OCC2(CCN(c3nc(CO)c(Sc4ccnc(N)c4Cl)c4nccn34)CC2)C1N. The number of piperidine rings is 1. The summed E-state index contributed by atoms with van der Waals surface area (Å²) in [5, 5.41) is 10.5. The molecule has 0 amide bonds. The molecule has 0 saturated carbocycles. The van der Waals surface area contributed by atoms with Crippen LogP contribution >= 0.6 is 23.4 Å². The van der Waals surface area contributed by atoms with Gasteiger partial charge in [-0.3, -0.25) is 4.40 Å². The second-order valence-electron chi connectivity index (χ2n) is 8.47. The van der Waals surface area contributed by atoms with Crippen molar-refractivity contribution in [3.63, 3.8) is 0 Å². The van der Waals surface area contributed by atoms with Crippen molar-refractivity contribution < 1.29 is 9.84 Å². The Bertz CT molecular complexity index is 1150. The Morgan fingerprint density at radius 3 is 2.78 bits per heavy atom. The van der Waals surface area contributed by atoms with Gasteiger partial charge in [-0.2, -0.15) is 0 Å². The highest BCUT2D eigenvalue weighted by atomic mass is 35.5. The van der Waals surface area contributed by atoms with E-state index in [1.807, 2.05) is 10.6 Å². The lowest BCUT2D eigenvalue weighted by Crippen LogP contribution is -2.51. The third-order valence-corrected chi connectivity index (χ3v) is 8.38. The van der Waals surface area contributed by atoms with Crippen LogP contribution in [0.5, 0.6) is 0 Å². The van der Waals surface area contributed by atoms with Gasteiger partial charge in [0.1, 0.15) is 5.82 Å². The maximum Gasteiger partial charge on any atom is 0.211 e. The molecular formula is C21H26ClN7O2S. The Morgan fingerprint density at radius 1 is 1.31 bits per heavy atom. The fourth-order valence-corrected chi connectivity index (χ4v) is 5.92. The number of halogens is 1. The standard InChI is InChI=1S/C21H26ClN7O2S/c1-12-17(23)21(11-31-12)3-7-28(8-4-21)20-27-13(10-30)16(19-26-6-9-29(19)20)32-14-2-5-25-18(24)15(14)22/h2,5-6,9,12,17,30H,3-4,7-8,10-11,23H2,1H3,(H2,24,25). The van der Waals surface area contributed by atoms with E-state index in [0.29, 0.717) is 23.0 Å². The van der Waals surface area contributed by atoms with Crippen molar-refractivity contribution in [3.8, 4) is 0 Å². The molecule has 2 unspecified atom stereocenters. The minimum absolute atomic E-state index is 0.0254. The predicted molar refractivity (Wildman–Crippen MR) is 124 cm³/mol. The second-order valence-corrected chi connectivity index (χ2v) is 9.90. The van der Waals surface area contributed by atoms with Gasteiger partial charge >= 0.3 is 0 Å². The molecule has 0 radical (unpaired) electrons. The average molecular weight is 476 g/mol. The summed E-state index contributed by atoms with van der Waals surface area (Å²) in [4.78, 5) is 17.1. The van der Waals surface area contributed by atoms with E-state index in [2.05, 4.69) is 21.8 Å². The average Bonchev–Trinajstić information content (AvgIpc) is 3.39. The van der Waals surface area contributed by atoms with Gasteiger partial charge in [0.25, 0.3) is 0 Å². The molecule has 5 N–H and O–H groups in total. The molecule has 170 valence electrons. The van der Waals surface area contributed by atoms with Crippen molar-refractivity contribution in [1.82, 2.24) is 19.4 Å². The number of aliphatic hydroxyl groups excluding tert-OH is 1. The Balaban J connectivity index is 1.48. The molecule has 2 aliphatic rings. The quantitative estimate of drug-likeness (QED) is 0.520. The lowest BCUT2D eigenvalue weighted by atomic mass is 9.73. The van der Waals surface area contributed by atoms with E-state index in [9.17, 15) is 5.11 Å². The highest BCUT2D eigenvalue weighted by Gasteiger charge is 2.47. The van der Waals surface area contributed by atoms with Gasteiger partial charge in [-0.25, -0.2) is 15.0 Å². The molecule has 0 aromatic carbocycles. The van der Waals surface area contributed by atoms with Crippen molar-refractivity contribution in [1.29, 1.82) is 0 Å². The summed E-state index contributed by atoms with van der Waals surface area (Å²) in [6.45, 7) is 4.17. The Morgan fingerprint density at radius 2 is 2.09 bits per heavy atom. The van der Waals surface area contributed by atoms with Crippen molar-refractivity contribution in [2.45, 2.75) is 48.3 Å². The van der Waals surface area contributed by atoms with Crippen LogP contribution in [0.2, 0.25) is 5.02 Å². The van der Waals surface area contributed by atoms with E-state index in [1.165, 1.54) is 11.8 Å². The van der Waals surface area contributed by atoms with Gasteiger partial charge < -0.3 is 26.2 Å². The number of anilines is 2. The fraction of sp³-hybridized carbons (Fsp3) is 0.476. The first-order valence-corrected chi connectivity index (χ1v) is 11.8. The first kappa shape index (κ1) is 21.7. The minimum atomic E-state index is -0.217. The van der Waals surface area contributed by atoms with Crippen LogP contribution in [0.4, 0.5) is 11.8 Å². The van der Waals surface area contributed by atoms with Gasteiger partial charge in [0.05, 0.1) is 34.9 Å². The molecule has 5 rings (SSSR count). The van der Waals surface area contributed by atoms with E-state index in [-0.39, 0.29) is 30.0 Å². The molecule has 2 fully saturated rings. The number of imidazole rings is 1. The van der Waals surface area contributed by atoms with Crippen LogP contribution < -0.4 is 16.4 Å². The highest BCUT2D eigenvalue weighted by Crippen LogP contribution is 2.43. The van der Waals surface area contributed by atoms with Crippen molar-refractivity contribution in [2.75, 3.05) is 30.3 Å². The first-order valence-electron chi connectivity index (χ1n) is 10.6. The minimum Gasteiger partial charge on any atom is -0.390 e. The number of rotatable bonds is 4. The Hall–Kier alpha value is -2.11. The van der Waals surface area contributed by atoms with Crippen LogP contribution in [-0.2, 0) is 11.3 Å². The van der Waals surface area contributed by atoms with E-state index < -0.39 is 0 Å². The van der Waals surface area contributed by atoms with Crippen LogP contribution in [0.3, 0.4) is 0 Å². The zero-order chi connectivity index (χ0) is 22.5. The van der Waals surface area contributed by atoms with E-state index in [4.69, 9.17) is 32.8 Å². The highest BCUT2D eigenvalue weighted by molar-refractivity contribution is 7.99. The molecule has 3 aromatic rings. The van der Waals surface area contributed by atoms with Crippen molar-refractivity contribution >= 4 is 40.8 Å². The van der Waals surface area contributed by atoms with Crippen LogP contribution in [0.25, 0.3) is 5.65 Å². The van der Waals surface area contributed by atoms with Gasteiger partial charge in [-0.1, -0.05) is 23.4 Å². The van der Waals surface area contributed by atoms with Crippen LogP contribution in [0.1, 0.15) is 25.5 Å². The summed E-state index contributed by atoms with van der Waals surface area (Å²) in [6.07, 6.45) is 7.20. The number of fused-ring (bicyclic) bond motifs is 1. The van der Waals surface area contributed by atoms with E-state index >= 15 is 0 Å². The van der Waals surface area contributed by atoms with E-state index in [0.717, 1.165) is 41.7 Å². The number of hydrogen-bond donors (Lipinski definition) is 3. The molecule has 9 nitrogen and oxygen atoms in total. The number of nitrogens with zero attached hydrogens (tertiary/aromatic N) is 5. The molecule has 0 aliphatic carbocycles. The molecule has 1 spiro atoms. The van der Waals surface area contributed by atoms with Crippen molar-refractivity contribution in [3.05, 3.63) is 35.4 Å². The monoisotopic (exact) mass is 475 g/mol. The molecular weight excluding hydrogens is 450 g/mol. The first-order chi connectivity index (χ1) is 15.4. The van der Waals surface area contributed by atoms with Gasteiger partial charge in [0, 0.05) is 48.0 Å².